The molecular weight excluding hydrogens is 474 g/mol. The number of sulfone groups is 1. The lowest BCUT2D eigenvalue weighted by atomic mass is 9.92. The minimum atomic E-state index is -4.85. The third kappa shape index (κ3) is 4.72. The first-order valence-electron chi connectivity index (χ1n) is 9.46. The molecule has 4 nitrogen and oxygen atoms in total. The molecule has 0 aliphatic rings. The van der Waals surface area contributed by atoms with Gasteiger partial charge >= 0.3 is 11.0 Å². The van der Waals surface area contributed by atoms with Gasteiger partial charge in [-0.05, 0) is 47.5 Å². The molecule has 0 aromatic heterocycles. The predicted octanol–water partition coefficient (Wildman–Crippen LogP) is 6.10. The van der Waals surface area contributed by atoms with E-state index in [4.69, 9.17) is 23.2 Å². The van der Waals surface area contributed by atoms with E-state index >= 15 is 4.39 Å². The fraction of sp³-hybridized carbons (Fsp3) is 0.125. The first-order valence-corrected chi connectivity index (χ1v) is 11.7. The third-order valence-electron chi connectivity index (χ3n) is 4.85. The van der Waals surface area contributed by atoms with Gasteiger partial charge in [-0.1, -0.05) is 77.8 Å². The van der Waals surface area contributed by atoms with Crippen LogP contribution in [-0.2, 0) is 19.4 Å². The van der Waals surface area contributed by atoms with Crippen molar-refractivity contribution < 1.29 is 22.3 Å². The zero-order valence-electron chi connectivity index (χ0n) is 16.9. The highest BCUT2D eigenvalue weighted by atomic mass is 35.5. The van der Waals surface area contributed by atoms with E-state index in [1.807, 2.05) is 0 Å². The summed E-state index contributed by atoms with van der Waals surface area (Å²) in [7, 11) is -3.91. The second kappa shape index (κ2) is 9.86. The molecule has 3 aromatic carbocycles. The van der Waals surface area contributed by atoms with Crippen LogP contribution in [0.3, 0.4) is 0 Å². The molecule has 0 spiro atoms. The molecule has 0 amide bonds. The normalized spacial score (nSPS) is 14.6. The summed E-state index contributed by atoms with van der Waals surface area (Å²) in [6.07, 6.45) is 2.80. The van der Waals surface area contributed by atoms with E-state index in [0.717, 1.165) is 7.11 Å². The molecule has 0 aliphatic carbocycles. The highest BCUT2D eigenvalue weighted by Crippen LogP contribution is 2.43. The van der Waals surface area contributed by atoms with Crippen molar-refractivity contribution in [2.24, 2.45) is 0 Å². The van der Waals surface area contributed by atoms with E-state index < -0.39 is 26.7 Å². The molecule has 0 N–H and O–H groups in total. The van der Waals surface area contributed by atoms with Gasteiger partial charge < -0.3 is 4.74 Å². The average molecular weight is 493 g/mol. The minimum absolute atomic E-state index is 0.184. The van der Waals surface area contributed by atoms with E-state index in [9.17, 15) is 13.2 Å². The molecule has 0 aliphatic heterocycles. The molecule has 3 aromatic rings. The number of methoxy groups -OCH3 is 1. The van der Waals surface area contributed by atoms with Gasteiger partial charge in [0.05, 0.1) is 17.9 Å². The van der Waals surface area contributed by atoms with Crippen molar-refractivity contribution >= 4 is 45.1 Å². The number of allylic oxidation sites excluding steroid dienone is 1. The molecule has 0 radical (unpaired) electrons. The van der Waals surface area contributed by atoms with Gasteiger partial charge in [-0.15, -0.1) is 0 Å². The summed E-state index contributed by atoms with van der Waals surface area (Å²) in [5.74, 6) is -3.11. The van der Waals surface area contributed by atoms with E-state index in [2.05, 4.69) is 4.74 Å². The summed E-state index contributed by atoms with van der Waals surface area (Å²) in [6, 6.07) is 19.6. The monoisotopic (exact) mass is 492 g/mol. The number of carbonyl (C=O) groups is 1. The number of halogens is 3. The first-order chi connectivity index (χ1) is 15.2. The average Bonchev–Trinajstić information content (AvgIpc) is 2.79. The molecule has 2 atom stereocenters. The zero-order chi connectivity index (χ0) is 23.4. The SMILES string of the molecule is COC(=O)[C@](F)([C@H](C=Cc1cccc(Cl)c1)c1cccc(Cl)c1)S(=O)(=O)c1ccccc1. The number of hydrogen-bond acceptors (Lipinski definition) is 4. The largest absolute Gasteiger partial charge is 0.466 e. The van der Waals surface area contributed by atoms with Gasteiger partial charge in [0.25, 0.3) is 0 Å². The van der Waals surface area contributed by atoms with Crippen LogP contribution in [0.4, 0.5) is 4.39 Å². The van der Waals surface area contributed by atoms with Crippen LogP contribution in [0.1, 0.15) is 17.0 Å². The number of ether oxygens (including phenoxy) is 1. The number of carbonyl (C=O) groups excluding carboxylic acids is 1. The second-order valence-corrected chi connectivity index (χ2v) is 9.85. The van der Waals surface area contributed by atoms with E-state index in [1.54, 1.807) is 42.5 Å². The van der Waals surface area contributed by atoms with E-state index in [0.29, 0.717) is 10.6 Å². The quantitative estimate of drug-likeness (QED) is 0.373. The number of hydrogen-bond donors (Lipinski definition) is 0. The Hall–Kier alpha value is -2.67. The molecule has 0 fully saturated rings. The topological polar surface area (TPSA) is 60.4 Å². The lowest BCUT2D eigenvalue weighted by molar-refractivity contribution is -0.149. The Kier molecular flexibility index (Phi) is 7.39. The number of rotatable bonds is 7. The summed E-state index contributed by atoms with van der Waals surface area (Å²) in [5.41, 5.74) is 0.775. The van der Waals surface area contributed by atoms with Gasteiger partial charge in [0, 0.05) is 10.0 Å². The fourth-order valence-corrected chi connectivity index (χ4v) is 5.39. The smallest absolute Gasteiger partial charge is 0.361 e. The molecule has 0 bridgehead atoms. The van der Waals surface area contributed by atoms with Crippen molar-refractivity contribution in [2.45, 2.75) is 15.8 Å². The Bertz CT molecular complexity index is 1250. The highest BCUT2D eigenvalue weighted by Gasteiger charge is 2.59. The minimum Gasteiger partial charge on any atom is -0.466 e. The summed E-state index contributed by atoms with van der Waals surface area (Å²) < 4.78 is 48.3. The zero-order valence-corrected chi connectivity index (χ0v) is 19.2. The summed E-state index contributed by atoms with van der Waals surface area (Å²) >= 11 is 12.1. The number of benzene rings is 3. The van der Waals surface area contributed by atoms with E-state index in [1.165, 1.54) is 48.6 Å². The lowest BCUT2D eigenvalue weighted by Gasteiger charge is -2.29. The summed E-state index contributed by atoms with van der Waals surface area (Å²) in [4.78, 5) is 12.4. The molecule has 32 heavy (non-hydrogen) atoms. The Balaban J connectivity index is 2.26. The summed E-state index contributed by atoms with van der Waals surface area (Å²) in [6.45, 7) is 0. The first kappa shape index (κ1) is 24.0. The molecule has 0 saturated carbocycles. The van der Waals surface area contributed by atoms with Crippen molar-refractivity contribution in [2.75, 3.05) is 7.11 Å². The van der Waals surface area contributed by atoms with Gasteiger partial charge in [0.15, 0.2) is 0 Å². The standard InChI is InChI=1S/C24H19Cl2FO4S/c1-31-23(28)24(27,32(29,30)21-11-3-2-4-12-21)22(18-8-6-10-20(26)16-18)14-13-17-7-5-9-19(25)15-17/h2-16,22H,1H3/t22-,24+/m1/s1. The van der Waals surface area contributed by atoms with Gasteiger partial charge in [-0.3, -0.25) is 0 Å². The van der Waals surface area contributed by atoms with Crippen LogP contribution in [0.15, 0.2) is 89.8 Å². The third-order valence-corrected chi connectivity index (χ3v) is 7.41. The predicted molar refractivity (Wildman–Crippen MR) is 124 cm³/mol. The Morgan fingerprint density at radius 3 is 2.19 bits per heavy atom. The molecule has 8 heteroatoms. The van der Waals surface area contributed by atoms with Crippen LogP contribution in [-0.4, -0.2) is 26.5 Å². The Morgan fingerprint density at radius 2 is 1.59 bits per heavy atom. The van der Waals surface area contributed by atoms with Crippen molar-refractivity contribution in [3.05, 3.63) is 106 Å². The Morgan fingerprint density at radius 1 is 0.969 bits per heavy atom. The fourth-order valence-electron chi connectivity index (χ4n) is 3.28. The maximum atomic E-state index is 16.7. The van der Waals surface area contributed by atoms with Crippen LogP contribution in [0.2, 0.25) is 10.0 Å². The van der Waals surface area contributed by atoms with Crippen molar-refractivity contribution in [1.29, 1.82) is 0 Å². The van der Waals surface area contributed by atoms with Gasteiger partial charge in [0.1, 0.15) is 0 Å². The molecule has 0 unspecified atom stereocenters. The lowest BCUT2D eigenvalue weighted by Crippen LogP contribution is -2.47. The van der Waals surface area contributed by atoms with Crippen LogP contribution >= 0.6 is 23.2 Å². The van der Waals surface area contributed by atoms with Crippen LogP contribution < -0.4 is 0 Å². The Labute approximate surface area is 196 Å². The maximum Gasteiger partial charge on any atom is 0.361 e. The number of esters is 1. The highest BCUT2D eigenvalue weighted by molar-refractivity contribution is 7.93. The molecule has 3 rings (SSSR count). The van der Waals surface area contributed by atoms with Crippen LogP contribution in [0.25, 0.3) is 6.08 Å². The van der Waals surface area contributed by atoms with Crippen molar-refractivity contribution in [3.8, 4) is 0 Å². The van der Waals surface area contributed by atoms with Crippen LogP contribution in [0.5, 0.6) is 0 Å². The molecular formula is C24H19Cl2FO4S. The number of alkyl halides is 1. The maximum absolute atomic E-state index is 16.7. The molecule has 0 heterocycles. The van der Waals surface area contributed by atoms with Crippen LogP contribution in [0, 0.1) is 0 Å². The van der Waals surface area contributed by atoms with Crippen molar-refractivity contribution in [1.82, 2.24) is 0 Å². The van der Waals surface area contributed by atoms with Crippen molar-refractivity contribution in [3.63, 3.8) is 0 Å². The molecule has 166 valence electrons. The van der Waals surface area contributed by atoms with Gasteiger partial charge in [-0.2, -0.15) is 0 Å². The van der Waals surface area contributed by atoms with Gasteiger partial charge in [-0.25, -0.2) is 17.6 Å². The molecule has 0 saturated heterocycles. The van der Waals surface area contributed by atoms with E-state index in [-0.39, 0.29) is 15.5 Å². The van der Waals surface area contributed by atoms with Gasteiger partial charge in [0.2, 0.25) is 9.84 Å². The second-order valence-electron chi connectivity index (χ2n) is 6.90. The summed E-state index contributed by atoms with van der Waals surface area (Å²) in [5, 5.41) is -2.76.